The van der Waals surface area contributed by atoms with E-state index in [4.69, 9.17) is 5.21 Å². The van der Waals surface area contributed by atoms with Crippen LogP contribution in [0.15, 0.2) is 24.5 Å². The molecule has 0 saturated carbocycles. The molecule has 0 saturated heterocycles. The normalized spacial score (nSPS) is 10.6. The third-order valence-corrected chi connectivity index (χ3v) is 1.62. The van der Waals surface area contributed by atoms with Gasteiger partial charge in [-0.2, -0.15) is 4.73 Å². The fourth-order valence-corrected chi connectivity index (χ4v) is 1.15. The number of hydrogen-bond acceptors (Lipinski definition) is 2. The Kier molecular flexibility index (Phi) is 1.12. The molecule has 0 unspecified atom stereocenters. The first-order chi connectivity index (χ1) is 5.25. The lowest BCUT2D eigenvalue weighted by molar-refractivity contribution is 0.184. The standard InChI is InChI=1S/C8H8N2O/c1-6-4-7-2-3-10(11)5-8(7)9-6/h2-5,11H,1H3. The molecule has 0 atom stereocenters. The van der Waals surface area contributed by atoms with Crippen molar-refractivity contribution >= 4 is 0 Å². The van der Waals surface area contributed by atoms with Crippen molar-refractivity contribution in [2.24, 2.45) is 0 Å². The predicted molar refractivity (Wildman–Crippen MR) is 40.8 cm³/mol. The van der Waals surface area contributed by atoms with Gasteiger partial charge in [-0.1, -0.05) is 0 Å². The minimum absolute atomic E-state index is 0.826. The summed E-state index contributed by atoms with van der Waals surface area (Å²) >= 11 is 0. The topological polar surface area (TPSA) is 38.0 Å². The van der Waals surface area contributed by atoms with Crippen LogP contribution in [0, 0.1) is 6.92 Å². The van der Waals surface area contributed by atoms with Crippen LogP contribution in [0.1, 0.15) is 5.69 Å². The Morgan fingerprint density at radius 3 is 3.18 bits per heavy atom. The molecule has 0 aromatic rings. The number of aryl methyl sites for hydroxylation is 1. The second-order valence-corrected chi connectivity index (χ2v) is 2.56. The second kappa shape index (κ2) is 1.99. The molecule has 0 amide bonds. The fourth-order valence-electron chi connectivity index (χ4n) is 1.15. The van der Waals surface area contributed by atoms with Crippen molar-refractivity contribution in [1.82, 2.24) is 9.71 Å². The highest BCUT2D eigenvalue weighted by atomic mass is 16.5. The lowest BCUT2D eigenvalue weighted by Gasteiger charge is -1.98. The van der Waals surface area contributed by atoms with Gasteiger partial charge in [0.25, 0.3) is 0 Å². The summed E-state index contributed by atoms with van der Waals surface area (Å²) in [4.78, 5) is 4.19. The van der Waals surface area contributed by atoms with Gasteiger partial charge in [-0.15, -0.1) is 0 Å². The van der Waals surface area contributed by atoms with Gasteiger partial charge in [-0.3, -0.25) is 4.98 Å². The SMILES string of the molecule is Cc1cc2ccn(O)cc-2n1. The molecule has 0 bridgehead atoms. The molecule has 3 nitrogen and oxygen atoms in total. The molecule has 0 aromatic carbocycles. The van der Waals surface area contributed by atoms with E-state index in [0.29, 0.717) is 0 Å². The maximum absolute atomic E-state index is 9.02. The fraction of sp³-hybridized carbons (Fsp3) is 0.125. The largest absolute Gasteiger partial charge is 0.429 e. The number of hydrogen-bond donors (Lipinski definition) is 1. The molecule has 56 valence electrons. The van der Waals surface area contributed by atoms with Gasteiger partial charge in [0.2, 0.25) is 0 Å². The second-order valence-electron chi connectivity index (χ2n) is 2.56. The van der Waals surface area contributed by atoms with Gasteiger partial charge < -0.3 is 5.21 Å². The maximum Gasteiger partial charge on any atom is 0.0903 e. The van der Waals surface area contributed by atoms with E-state index in [9.17, 15) is 0 Å². The van der Waals surface area contributed by atoms with Crippen molar-refractivity contribution < 1.29 is 5.21 Å². The summed E-state index contributed by atoms with van der Waals surface area (Å²) in [6.07, 6.45) is 3.17. The molecule has 2 rings (SSSR count). The Morgan fingerprint density at radius 2 is 2.36 bits per heavy atom. The zero-order valence-electron chi connectivity index (χ0n) is 6.15. The van der Waals surface area contributed by atoms with E-state index in [2.05, 4.69) is 4.98 Å². The van der Waals surface area contributed by atoms with Crippen molar-refractivity contribution in [3.63, 3.8) is 0 Å². The van der Waals surface area contributed by atoms with Crippen LogP contribution >= 0.6 is 0 Å². The summed E-state index contributed by atoms with van der Waals surface area (Å²) in [5.74, 6) is 0. The Hall–Kier alpha value is -1.51. The highest BCUT2D eigenvalue weighted by Crippen LogP contribution is 2.20. The summed E-state index contributed by atoms with van der Waals surface area (Å²) in [5.41, 5.74) is 2.87. The van der Waals surface area contributed by atoms with Crippen LogP contribution in [0.3, 0.4) is 0 Å². The van der Waals surface area contributed by atoms with Gasteiger partial charge in [0, 0.05) is 17.5 Å². The van der Waals surface area contributed by atoms with Crippen LogP contribution in [0.4, 0.5) is 0 Å². The van der Waals surface area contributed by atoms with Crippen molar-refractivity contribution in [2.45, 2.75) is 6.92 Å². The Labute approximate surface area is 64.2 Å². The molecule has 3 heteroatoms. The molecule has 11 heavy (non-hydrogen) atoms. The number of aromatic nitrogens is 2. The Morgan fingerprint density at radius 1 is 1.55 bits per heavy atom. The first-order valence-corrected chi connectivity index (χ1v) is 3.40. The predicted octanol–water partition coefficient (Wildman–Crippen LogP) is 1.53. The third-order valence-electron chi connectivity index (χ3n) is 1.62. The van der Waals surface area contributed by atoms with Crippen molar-refractivity contribution in [3.05, 3.63) is 30.2 Å². The molecule has 0 aromatic heterocycles. The van der Waals surface area contributed by atoms with Gasteiger partial charge in [0.1, 0.15) is 0 Å². The van der Waals surface area contributed by atoms with Crippen LogP contribution in [0.2, 0.25) is 0 Å². The van der Waals surface area contributed by atoms with Gasteiger partial charge >= 0.3 is 0 Å². The van der Waals surface area contributed by atoms with Gasteiger partial charge in [-0.25, -0.2) is 0 Å². The zero-order chi connectivity index (χ0) is 7.84. The summed E-state index contributed by atoms with van der Waals surface area (Å²) < 4.78 is 1.01. The lowest BCUT2D eigenvalue weighted by atomic mass is 10.2. The van der Waals surface area contributed by atoms with Gasteiger partial charge in [-0.05, 0) is 19.1 Å². The smallest absolute Gasteiger partial charge is 0.0903 e. The van der Waals surface area contributed by atoms with E-state index >= 15 is 0 Å². The number of pyridine rings is 1. The summed E-state index contributed by atoms with van der Waals surface area (Å²) in [5, 5.41) is 9.02. The minimum atomic E-state index is 0.826. The van der Waals surface area contributed by atoms with E-state index in [1.807, 2.05) is 19.1 Å². The van der Waals surface area contributed by atoms with E-state index < -0.39 is 0 Å². The van der Waals surface area contributed by atoms with Crippen LogP contribution in [-0.2, 0) is 0 Å². The first-order valence-electron chi connectivity index (χ1n) is 3.40. The molecule has 1 N–H and O–H groups in total. The van der Waals surface area contributed by atoms with Crippen molar-refractivity contribution in [3.8, 4) is 11.3 Å². The number of rotatable bonds is 0. The van der Waals surface area contributed by atoms with Gasteiger partial charge in [0.05, 0.1) is 11.9 Å². The molecule has 2 heterocycles. The summed E-state index contributed by atoms with van der Waals surface area (Å²) in [6, 6.07) is 3.81. The van der Waals surface area contributed by atoms with Crippen molar-refractivity contribution in [2.75, 3.05) is 0 Å². The first kappa shape index (κ1) is 6.22. The molecule has 0 radical (unpaired) electrons. The van der Waals surface area contributed by atoms with E-state index in [1.165, 1.54) is 0 Å². The number of nitrogens with zero attached hydrogens (tertiary/aromatic N) is 2. The molecular formula is C8H8N2O. The monoisotopic (exact) mass is 148 g/mol. The van der Waals surface area contributed by atoms with Gasteiger partial charge in [0.15, 0.2) is 0 Å². The van der Waals surface area contributed by atoms with Crippen LogP contribution in [-0.4, -0.2) is 14.9 Å². The van der Waals surface area contributed by atoms with Crippen LogP contribution in [0.5, 0.6) is 0 Å². The molecule has 0 fully saturated rings. The minimum Gasteiger partial charge on any atom is -0.429 e. The third kappa shape index (κ3) is 0.941. The Balaban J connectivity index is 2.73. The molecule has 2 aliphatic heterocycles. The van der Waals surface area contributed by atoms with Crippen LogP contribution in [0.25, 0.3) is 11.3 Å². The number of fused-ring (bicyclic) bond motifs is 1. The average Bonchev–Trinajstić information content (AvgIpc) is 2.27. The quantitative estimate of drug-likeness (QED) is 0.575. The summed E-state index contributed by atoms with van der Waals surface area (Å²) in [6.45, 7) is 1.93. The van der Waals surface area contributed by atoms with Crippen molar-refractivity contribution in [1.29, 1.82) is 0 Å². The van der Waals surface area contributed by atoms with E-state index in [1.54, 1.807) is 12.4 Å². The highest BCUT2D eigenvalue weighted by Gasteiger charge is 2.04. The molecule has 0 aliphatic carbocycles. The lowest BCUT2D eigenvalue weighted by Crippen LogP contribution is -1.91. The maximum atomic E-state index is 9.02. The Bertz CT molecular complexity index is 353. The molecule has 0 spiro atoms. The molecular weight excluding hydrogens is 140 g/mol. The highest BCUT2D eigenvalue weighted by molar-refractivity contribution is 5.60. The zero-order valence-corrected chi connectivity index (χ0v) is 6.15. The van der Waals surface area contributed by atoms with Crippen LogP contribution < -0.4 is 0 Å². The van der Waals surface area contributed by atoms with E-state index in [0.717, 1.165) is 21.7 Å². The molecule has 2 aliphatic rings. The summed E-state index contributed by atoms with van der Waals surface area (Å²) in [7, 11) is 0. The van der Waals surface area contributed by atoms with E-state index in [-0.39, 0.29) is 0 Å². The average molecular weight is 148 g/mol.